The van der Waals surface area contributed by atoms with Gasteiger partial charge >= 0.3 is 0 Å². The predicted octanol–water partition coefficient (Wildman–Crippen LogP) is 1.58. The molecule has 2 heterocycles. The Bertz CT molecular complexity index is 305. The van der Waals surface area contributed by atoms with Gasteiger partial charge in [0, 0.05) is 11.6 Å². The highest BCUT2D eigenvalue weighted by molar-refractivity contribution is 5.25. The monoisotopic (exact) mass is 162 g/mol. The van der Waals surface area contributed by atoms with E-state index in [1.165, 1.54) is 6.42 Å². The van der Waals surface area contributed by atoms with Crippen LogP contribution in [0.5, 0.6) is 0 Å². The molecule has 2 rings (SSSR count). The number of rotatable bonds is 1. The standard InChI is InChI=1S/C9H10N2O/c10-5-8-4-7(6-12-8)9-2-1-3-11-9/h4,6,9,11H,1-3H2/t9-/m0/s1. The molecule has 0 bridgehead atoms. The van der Waals surface area contributed by atoms with Crippen molar-refractivity contribution < 1.29 is 4.42 Å². The van der Waals surface area contributed by atoms with Crippen molar-refractivity contribution in [1.29, 1.82) is 5.26 Å². The quantitative estimate of drug-likeness (QED) is 0.682. The molecule has 1 atom stereocenters. The van der Waals surface area contributed by atoms with Gasteiger partial charge in [0.25, 0.3) is 0 Å². The maximum atomic E-state index is 8.53. The molecule has 0 aliphatic carbocycles. The molecule has 12 heavy (non-hydrogen) atoms. The summed E-state index contributed by atoms with van der Waals surface area (Å²) in [5.74, 6) is 0.402. The highest BCUT2D eigenvalue weighted by Crippen LogP contribution is 2.24. The van der Waals surface area contributed by atoms with Gasteiger partial charge in [-0.25, -0.2) is 0 Å². The summed E-state index contributed by atoms with van der Waals surface area (Å²) in [4.78, 5) is 0. The van der Waals surface area contributed by atoms with Crippen LogP contribution in [0.2, 0.25) is 0 Å². The van der Waals surface area contributed by atoms with Crippen molar-refractivity contribution in [2.75, 3.05) is 6.54 Å². The van der Waals surface area contributed by atoms with Gasteiger partial charge in [-0.2, -0.15) is 5.26 Å². The van der Waals surface area contributed by atoms with E-state index in [4.69, 9.17) is 9.68 Å². The van der Waals surface area contributed by atoms with Gasteiger partial charge in [0.1, 0.15) is 6.07 Å². The van der Waals surface area contributed by atoms with E-state index < -0.39 is 0 Å². The Kier molecular flexibility index (Phi) is 1.84. The van der Waals surface area contributed by atoms with Crippen LogP contribution < -0.4 is 5.32 Å². The summed E-state index contributed by atoms with van der Waals surface area (Å²) in [6.45, 7) is 1.07. The Hall–Kier alpha value is -1.27. The van der Waals surface area contributed by atoms with Crippen molar-refractivity contribution >= 4 is 0 Å². The van der Waals surface area contributed by atoms with E-state index in [-0.39, 0.29) is 0 Å². The molecule has 0 radical (unpaired) electrons. The zero-order valence-electron chi connectivity index (χ0n) is 6.71. The van der Waals surface area contributed by atoms with Crippen molar-refractivity contribution in [3.05, 3.63) is 23.7 Å². The van der Waals surface area contributed by atoms with Crippen LogP contribution in [0.15, 0.2) is 16.7 Å². The van der Waals surface area contributed by atoms with Gasteiger partial charge in [0.15, 0.2) is 0 Å². The summed E-state index contributed by atoms with van der Waals surface area (Å²) >= 11 is 0. The minimum atomic E-state index is 0.399. The van der Waals surface area contributed by atoms with E-state index in [9.17, 15) is 0 Å². The molecule has 1 saturated heterocycles. The summed E-state index contributed by atoms with van der Waals surface area (Å²) in [5.41, 5.74) is 1.10. The third-order valence-corrected chi connectivity index (χ3v) is 2.19. The van der Waals surface area contributed by atoms with Crippen LogP contribution in [0.25, 0.3) is 0 Å². The molecule has 0 spiro atoms. The third kappa shape index (κ3) is 1.21. The lowest BCUT2D eigenvalue weighted by Crippen LogP contribution is -2.11. The first-order chi connectivity index (χ1) is 5.90. The lowest BCUT2D eigenvalue weighted by Gasteiger charge is -2.04. The van der Waals surface area contributed by atoms with E-state index in [2.05, 4.69) is 5.32 Å². The summed E-state index contributed by atoms with van der Waals surface area (Å²) < 4.78 is 5.03. The fourth-order valence-electron chi connectivity index (χ4n) is 1.56. The second-order valence-corrected chi connectivity index (χ2v) is 3.01. The number of hydrogen-bond acceptors (Lipinski definition) is 3. The maximum Gasteiger partial charge on any atom is 0.203 e. The van der Waals surface area contributed by atoms with Crippen molar-refractivity contribution in [3.63, 3.8) is 0 Å². The van der Waals surface area contributed by atoms with Gasteiger partial charge in [-0.15, -0.1) is 0 Å². The summed E-state index contributed by atoms with van der Waals surface area (Å²) in [5, 5.41) is 11.9. The lowest BCUT2D eigenvalue weighted by molar-refractivity contribution is 0.541. The zero-order chi connectivity index (χ0) is 8.39. The molecule has 0 aromatic carbocycles. The molecule has 1 aromatic rings. The molecule has 0 unspecified atom stereocenters. The van der Waals surface area contributed by atoms with Crippen LogP contribution in [0.1, 0.15) is 30.2 Å². The van der Waals surface area contributed by atoms with Gasteiger partial charge in [-0.1, -0.05) is 0 Å². The molecule has 1 aliphatic rings. The van der Waals surface area contributed by atoms with E-state index in [1.807, 2.05) is 12.1 Å². The summed E-state index contributed by atoms with van der Waals surface area (Å²) in [6, 6.07) is 4.18. The number of nitrogens with zero attached hydrogens (tertiary/aromatic N) is 1. The topological polar surface area (TPSA) is 49.0 Å². The summed E-state index contributed by atoms with van der Waals surface area (Å²) in [7, 11) is 0. The van der Waals surface area contributed by atoms with Gasteiger partial charge in [-0.05, 0) is 25.5 Å². The number of furan rings is 1. The smallest absolute Gasteiger partial charge is 0.203 e. The second-order valence-electron chi connectivity index (χ2n) is 3.01. The Labute approximate surface area is 71.0 Å². The number of nitrogens with one attached hydrogen (secondary N) is 1. The number of nitriles is 1. The van der Waals surface area contributed by atoms with Gasteiger partial charge in [0.2, 0.25) is 5.76 Å². The molecule has 1 aliphatic heterocycles. The van der Waals surface area contributed by atoms with Crippen LogP contribution >= 0.6 is 0 Å². The fourth-order valence-corrected chi connectivity index (χ4v) is 1.56. The minimum Gasteiger partial charge on any atom is -0.454 e. The van der Waals surface area contributed by atoms with Gasteiger partial charge in [0.05, 0.1) is 6.26 Å². The zero-order valence-corrected chi connectivity index (χ0v) is 6.71. The summed E-state index contributed by atoms with van der Waals surface area (Å²) in [6.07, 6.45) is 4.02. The second kappa shape index (κ2) is 3.00. The SMILES string of the molecule is N#Cc1cc([C@@H]2CCCN2)co1. The maximum absolute atomic E-state index is 8.53. The van der Waals surface area contributed by atoms with Gasteiger partial charge < -0.3 is 9.73 Å². The minimum absolute atomic E-state index is 0.399. The predicted molar refractivity (Wildman–Crippen MR) is 43.4 cm³/mol. The van der Waals surface area contributed by atoms with Crippen molar-refractivity contribution in [2.24, 2.45) is 0 Å². The van der Waals surface area contributed by atoms with Gasteiger partial charge in [-0.3, -0.25) is 0 Å². The highest BCUT2D eigenvalue weighted by atomic mass is 16.3. The van der Waals surface area contributed by atoms with Crippen molar-refractivity contribution in [1.82, 2.24) is 5.32 Å². The molecule has 1 fully saturated rings. The molecule has 3 heteroatoms. The molecule has 62 valence electrons. The molecular formula is C9H10N2O. The van der Waals surface area contributed by atoms with E-state index in [1.54, 1.807) is 6.26 Å². The van der Waals surface area contributed by atoms with Crippen molar-refractivity contribution in [2.45, 2.75) is 18.9 Å². The normalized spacial score (nSPS) is 22.4. The molecule has 0 amide bonds. The largest absolute Gasteiger partial charge is 0.454 e. The first-order valence-corrected chi connectivity index (χ1v) is 4.12. The third-order valence-electron chi connectivity index (χ3n) is 2.19. The van der Waals surface area contributed by atoms with E-state index in [0.717, 1.165) is 18.5 Å². The van der Waals surface area contributed by atoms with E-state index >= 15 is 0 Å². The van der Waals surface area contributed by atoms with Crippen LogP contribution in [0, 0.1) is 11.3 Å². The van der Waals surface area contributed by atoms with Crippen molar-refractivity contribution in [3.8, 4) is 6.07 Å². The first kappa shape index (κ1) is 7.38. The Morgan fingerprint density at radius 3 is 3.17 bits per heavy atom. The lowest BCUT2D eigenvalue weighted by atomic mass is 10.1. The Balaban J connectivity index is 2.17. The van der Waals surface area contributed by atoms with Crippen LogP contribution in [-0.4, -0.2) is 6.54 Å². The molecular weight excluding hydrogens is 152 g/mol. The molecule has 1 aromatic heterocycles. The molecule has 3 nitrogen and oxygen atoms in total. The average molecular weight is 162 g/mol. The number of hydrogen-bond donors (Lipinski definition) is 1. The highest BCUT2D eigenvalue weighted by Gasteiger charge is 2.17. The Morgan fingerprint density at radius 2 is 2.58 bits per heavy atom. The van der Waals surface area contributed by atoms with Crippen LogP contribution in [-0.2, 0) is 0 Å². The Morgan fingerprint density at radius 1 is 1.67 bits per heavy atom. The van der Waals surface area contributed by atoms with E-state index in [0.29, 0.717) is 11.8 Å². The van der Waals surface area contributed by atoms with Crippen LogP contribution in [0.3, 0.4) is 0 Å². The molecule has 0 saturated carbocycles. The van der Waals surface area contributed by atoms with Crippen LogP contribution in [0.4, 0.5) is 0 Å². The molecule has 1 N–H and O–H groups in total. The average Bonchev–Trinajstić information content (AvgIpc) is 2.75. The fraction of sp³-hybridized carbons (Fsp3) is 0.444. The first-order valence-electron chi connectivity index (χ1n) is 4.12.